The molecule has 1 rings (SSSR count). The fraction of sp³-hybridized carbons (Fsp3) is 0.643. The number of aromatic nitrogens is 2. The average Bonchev–Trinajstić information content (AvgIpc) is 2.93. The third kappa shape index (κ3) is 9.12. The molecule has 1 aromatic heterocycles. The molecule has 0 bridgehead atoms. The lowest BCUT2D eigenvalue weighted by molar-refractivity contribution is -1.19. The Bertz CT molecular complexity index is 534. The SMILES string of the molecule is CC(C)(S)C(=O)NCCS.CO[NH+](O)c1cnc(C)n1CCOC=O. The van der Waals surface area contributed by atoms with Crippen LogP contribution >= 0.6 is 25.3 Å². The van der Waals surface area contributed by atoms with Gasteiger partial charge in [-0.15, -0.1) is 0 Å². The summed E-state index contributed by atoms with van der Waals surface area (Å²) >= 11 is 8.04. The van der Waals surface area contributed by atoms with Crippen LogP contribution < -0.4 is 10.5 Å². The van der Waals surface area contributed by atoms with Crippen LogP contribution in [0.5, 0.6) is 0 Å². The van der Waals surface area contributed by atoms with Crippen LogP contribution in [0.2, 0.25) is 0 Å². The first-order valence-corrected chi connectivity index (χ1v) is 8.56. The highest BCUT2D eigenvalue weighted by atomic mass is 32.1. The van der Waals surface area contributed by atoms with Crippen LogP contribution in [0.25, 0.3) is 0 Å². The Hall–Kier alpha value is -1.27. The summed E-state index contributed by atoms with van der Waals surface area (Å²) in [6.07, 6.45) is 1.50. The number of thiol groups is 2. The number of rotatable bonds is 9. The molecule has 1 unspecified atom stereocenters. The van der Waals surface area contributed by atoms with E-state index in [-0.39, 0.29) is 17.7 Å². The van der Waals surface area contributed by atoms with E-state index in [0.717, 1.165) is 0 Å². The zero-order chi connectivity index (χ0) is 19.5. The van der Waals surface area contributed by atoms with Crippen LogP contribution in [0.3, 0.4) is 0 Å². The molecule has 0 saturated heterocycles. The largest absolute Gasteiger partial charge is 0.466 e. The summed E-state index contributed by atoms with van der Waals surface area (Å²) < 4.78 is 5.69. The van der Waals surface area contributed by atoms with E-state index >= 15 is 0 Å². The van der Waals surface area contributed by atoms with Crippen molar-refractivity contribution in [2.75, 3.05) is 26.0 Å². The second-order valence-corrected chi connectivity index (χ2v) is 6.92. The van der Waals surface area contributed by atoms with Crippen LogP contribution in [-0.2, 0) is 25.7 Å². The number of carbonyl (C=O) groups is 2. The van der Waals surface area contributed by atoms with Gasteiger partial charge in [-0.2, -0.15) is 35.3 Å². The lowest BCUT2D eigenvalue weighted by Gasteiger charge is -2.15. The van der Waals surface area contributed by atoms with Crippen molar-refractivity contribution in [2.24, 2.45) is 0 Å². The van der Waals surface area contributed by atoms with Gasteiger partial charge in [-0.1, -0.05) is 0 Å². The molecule has 3 N–H and O–H groups in total. The van der Waals surface area contributed by atoms with Crippen LogP contribution in [0, 0.1) is 6.92 Å². The minimum atomic E-state index is -0.580. The van der Waals surface area contributed by atoms with E-state index in [1.807, 2.05) is 0 Å². The van der Waals surface area contributed by atoms with E-state index in [9.17, 15) is 14.8 Å². The molecule has 0 aliphatic carbocycles. The molecule has 1 heterocycles. The summed E-state index contributed by atoms with van der Waals surface area (Å²) in [4.78, 5) is 29.7. The monoisotopic (exact) mass is 395 g/mol. The number of aryl methyl sites for hydroxylation is 1. The third-order valence-electron chi connectivity index (χ3n) is 2.92. The fourth-order valence-corrected chi connectivity index (χ4v) is 1.79. The maximum Gasteiger partial charge on any atom is 0.293 e. The quantitative estimate of drug-likeness (QED) is 0.168. The van der Waals surface area contributed by atoms with Crippen molar-refractivity contribution in [1.82, 2.24) is 14.9 Å². The lowest BCUT2D eigenvalue weighted by atomic mass is 10.2. The first kappa shape index (κ1) is 23.7. The molecular weight excluding hydrogens is 368 g/mol. The van der Waals surface area contributed by atoms with Gasteiger partial charge < -0.3 is 10.1 Å². The average molecular weight is 396 g/mol. The minimum Gasteiger partial charge on any atom is -0.466 e. The minimum absolute atomic E-state index is 0.0510. The Morgan fingerprint density at radius 3 is 2.68 bits per heavy atom. The number of hydrogen-bond acceptors (Lipinski definition) is 8. The zero-order valence-corrected chi connectivity index (χ0v) is 16.6. The van der Waals surface area contributed by atoms with Crippen LogP contribution in [0.4, 0.5) is 5.82 Å². The molecule has 0 saturated carbocycles. The van der Waals surface area contributed by atoms with Crippen molar-refractivity contribution < 1.29 is 29.6 Å². The summed E-state index contributed by atoms with van der Waals surface area (Å²) in [5.74, 6) is 1.78. The second kappa shape index (κ2) is 12.1. The van der Waals surface area contributed by atoms with Gasteiger partial charge in [-0.05, 0) is 26.0 Å². The molecule has 1 amide bonds. The summed E-state index contributed by atoms with van der Waals surface area (Å²) in [5, 5.41) is 11.9. The standard InChI is InChI=1S/C8H13N3O4.C6H13NOS2/c1-7-9-5-8(11(13)14-2)10(7)3-4-15-6-12;1-6(2,10)5(8)7-3-4-9/h5-6,13H,3-4H2,1-2H3;9-10H,3-4H2,1-2H3,(H,7,8)/p+1. The first-order chi connectivity index (χ1) is 11.7. The van der Waals surface area contributed by atoms with Gasteiger partial charge in [0.1, 0.15) is 25.7 Å². The van der Waals surface area contributed by atoms with Gasteiger partial charge in [0, 0.05) is 12.3 Å². The third-order valence-corrected chi connectivity index (χ3v) is 3.35. The van der Waals surface area contributed by atoms with Gasteiger partial charge in [-0.3, -0.25) is 14.2 Å². The van der Waals surface area contributed by atoms with Gasteiger partial charge in [0.2, 0.25) is 5.91 Å². The van der Waals surface area contributed by atoms with E-state index in [1.54, 1.807) is 25.3 Å². The number of nitrogens with zero attached hydrogens (tertiary/aromatic N) is 2. The van der Waals surface area contributed by atoms with E-state index in [0.29, 0.717) is 37.0 Å². The van der Waals surface area contributed by atoms with E-state index < -0.39 is 4.75 Å². The molecule has 1 aromatic rings. The van der Waals surface area contributed by atoms with Gasteiger partial charge in [0.05, 0.1) is 11.3 Å². The molecule has 0 aliphatic rings. The molecule has 25 heavy (non-hydrogen) atoms. The molecule has 9 nitrogen and oxygen atoms in total. The number of quaternary nitrogens is 1. The topological polar surface area (TPSA) is 107 Å². The normalized spacial score (nSPS) is 12.0. The second-order valence-electron chi connectivity index (χ2n) is 5.36. The molecule has 0 fully saturated rings. The van der Waals surface area contributed by atoms with Crippen molar-refractivity contribution in [2.45, 2.75) is 32.1 Å². The predicted octanol–water partition coefficient (Wildman–Crippen LogP) is -0.428. The van der Waals surface area contributed by atoms with Crippen LogP contribution in [0.15, 0.2) is 6.20 Å². The number of imidazole rings is 1. The number of nitrogens with one attached hydrogen (secondary N) is 2. The van der Waals surface area contributed by atoms with Crippen LogP contribution in [-0.4, -0.2) is 57.9 Å². The summed E-state index contributed by atoms with van der Waals surface area (Å²) in [6, 6.07) is 0. The van der Waals surface area contributed by atoms with Gasteiger partial charge in [0.25, 0.3) is 12.3 Å². The molecule has 0 spiro atoms. The summed E-state index contributed by atoms with van der Waals surface area (Å²) in [5.41, 5.74) is 0. The van der Waals surface area contributed by atoms with Crippen molar-refractivity contribution in [3.63, 3.8) is 0 Å². The molecular formula is C14H27N4O5S2+. The maximum atomic E-state index is 11.0. The molecule has 144 valence electrons. The maximum absolute atomic E-state index is 11.0. The smallest absolute Gasteiger partial charge is 0.293 e. The number of ether oxygens (including phenoxy) is 1. The highest BCUT2D eigenvalue weighted by Crippen LogP contribution is 2.10. The van der Waals surface area contributed by atoms with Crippen molar-refractivity contribution in [3.8, 4) is 0 Å². The van der Waals surface area contributed by atoms with Gasteiger partial charge in [0.15, 0.2) is 0 Å². The summed E-state index contributed by atoms with van der Waals surface area (Å²) in [7, 11) is 1.37. The predicted molar refractivity (Wildman–Crippen MR) is 98.3 cm³/mol. The highest BCUT2D eigenvalue weighted by molar-refractivity contribution is 7.82. The Balaban J connectivity index is 0.000000504. The first-order valence-electron chi connectivity index (χ1n) is 7.48. The summed E-state index contributed by atoms with van der Waals surface area (Å²) in [6.45, 7) is 6.93. The lowest BCUT2D eigenvalue weighted by Crippen LogP contribution is -3.03. The van der Waals surface area contributed by atoms with Crippen molar-refractivity contribution in [1.29, 1.82) is 0 Å². The number of hydrogen-bond donors (Lipinski definition) is 5. The van der Waals surface area contributed by atoms with E-state index in [2.05, 4.69) is 40.3 Å². The van der Waals surface area contributed by atoms with Gasteiger partial charge >= 0.3 is 0 Å². The van der Waals surface area contributed by atoms with Crippen molar-refractivity contribution in [3.05, 3.63) is 12.0 Å². The Kier molecular flexibility index (Phi) is 11.5. The Morgan fingerprint density at radius 1 is 1.56 bits per heavy atom. The van der Waals surface area contributed by atoms with Crippen LogP contribution in [0.1, 0.15) is 19.7 Å². The highest BCUT2D eigenvalue weighted by Gasteiger charge is 2.21. The van der Waals surface area contributed by atoms with E-state index in [4.69, 9.17) is 4.84 Å². The molecule has 0 aromatic carbocycles. The van der Waals surface area contributed by atoms with Crippen molar-refractivity contribution >= 4 is 43.5 Å². The Labute approximate surface area is 158 Å². The number of amides is 1. The number of carbonyl (C=O) groups excluding carboxylic acids is 2. The fourth-order valence-electron chi connectivity index (χ4n) is 1.60. The molecule has 0 radical (unpaired) electrons. The van der Waals surface area contributed by atoms with Gasteiger partial charge in [-0.25, -0.2) is 4.98 Å². The molecule has 1 atom stereocenters. The molecule has 11 heteroatoms. The van der Waals surface area contributed by atoms with E-state index in [1.165, 1.54) is 13.3 Å². The molecule has 0 aliphatic heterocycles. The Morgan fingerprint density at radius 2 is 2.20 bits per heavy atom. The zero-order valence-electron chi connectivity index (χ0n) is 14.9.